The maximum atomic E-state index is 9.85. The first-order valence-electron chi connectivity index (χ1n) is 10.6. The third kappa shape index (κ3) is 5.29. The summed E-state index contributed by atoms with van der Waals surface area (Å²) in [5.41, 5.74) is 10.2. The first-order valence-corrected chi connectivity index (χ1v) is 10.6. The van der Waals surface area contributed by atoms with Crippen LogP contribution in [0.1, 0.15) is 42.4 Å². The highest BCUT2D eigenvalue weighted by atomic mass is 16.5. The number of rotatable bonds is 9. The molecule has 0 spiro atoms. The molecule has 1 heterocycles. The molecule has 4 atom stereocenters. The molecule has 4 rings (SSSR count). The maximum Gasteiger partial charge on any atom is 0.137 e. The molecular weight excluding hydrogens is 390 g/mol. The molecule has 31 heavy (non-hydrogen) atoms. The first-order chi connectivity index (χ1) is 15.0. The quantitative estimate of drug-likeness (QED) is 0.494. The summed E-state index contributed by atoms with van der Waals surface area (Å²) in [7, 11) is 0. The van der Waals surface area contributed by atoms with Crippen molar-refractivity contribution in [2.75, 3.05) is 6.61 Å². The van der Waals surface area contributed by atoms with Crippen molar-refractivity contribution in [1.82, 2.24) is 9.55 Å². The zero-order valence-corrected chi connectivity index (χ0v) is 17.6. The van der Waals surface area contributed by atoms with Gasteiger partial charge in [0.05, 0.1) is 25.4 Å². The highest BCUT2D eigenvalue weighted by Gasteiger charge is 2.34. The van der Waals surface area contributed by atoms with Gasteiger partial charge in [-0.3, -0.25) is 0 Å². The van der Waals surface area contributed by atoms with Gasteiger partial charge in [-0.2, -0.15) is 0 Å². The second-order valence-electron chi connectivity index (χ2n) is 8.05. The SMILES string of the molecule is C[C@H](O)c1nccn1[C@@H](/C=C/c1ccc(-c2ccc(CO[C@@H]3C[C@@H]3N)cc2)cc1)CO. The number of benzene rings is 2. The Kier molecular flexibility index (Phi) is 6.63. The largest absolute Gasteiger partial charge is 0.394 e. The average Bonchev–Trinajstić information content (AvgIpc) is 3.27. The summed E-state index contributed by atoms with van der Waals surface area (Å²) in [5, 5.41) is 19.6. The van der Waals surface area contributed by atoms with Crippen LogP contribution in [0.5, 0.6) is 0 Å². The molecule has 2 aromatic carbocycles. The van der Waals surface area contributed by atoms with Crippen LogP contribution < -0.4 is 5.73 Å². The lowest BCUT2D eigenvalue weighted by Gasteiger charge is -2.16. The number of nitrogens with zero attached hydrogens (tertiary/aromatic N) is 2. The Labute approximate surface area is 182 Å². The molecule has 1 aromatic heterocycles. The van der Waals surface area contributed by atoms with E-state index < -0.39 is 6.10 Å². The summed E-state index contributed by atoms with van der Waals surface area (Å²) in [6.45, 7) is 2.19. The van der Waals surface area contributed by atoms with E-state index in [1.807, 2.05) is 12.2 Å². The van der Waals surface area contributed by atoms with Gasteiger partial charge in [-0.1, -0.05) is 60.7 Å². The second-order valence-corrected chi connectivity index (χ2v) is 8.05. The lowest BCUT2D eigenvalue weighted by molar-refractivity contribution is 0.102. The van der Waals surface area contributed by atoms with Gasteiger partial charge in [-0.25, -0.2) is 4.98 Å². The van der Waals surface area contributed by atoms with Crippen LogP contribution in [-0.4, -0.2) is 38.5 Å². The lowest BCUT2D eigenvalue weighted by Crippen LogP contribution is -2.14. The Balaban J connectivity index is 1.39. The van der Waals surface area contributed by atoms with Gasteiger partial charge in [0.15, 0.2) is 0 Å². The van der Waals surface area contributed by atoms with Gasteiger partial charge < -0.3 is 25.3 Å². The van der Waals surface area contributed by atoms with E-state index in [2.05, 4.69) is 53.5 Å². The van der Waals surface area contributed by atoms with Crippen molar-refractivity contribution in [1.29, 1.82) is 0 Å². The fourth-order valence-corrected chi connectivity index (χ4v) is 3.56. The third-order valence-electron chi connectivity index (χ3n) is 5.57. The zero-order chi connectivity index (χ0) is 21.8. The van der Waals surface area contributed by atoms with Crippen LogP contribution in [0.15, 0.2) is 67.0 Å². The molecule has 1 aliphatic carbocycles. The minimum atomic E-state index is -0.694. The molecule has 162 valence electrons. The minimum Gasteiger partial charge on any atom is -0.394 e. The van der Waals surface area contributed by atoms with E-state index in [0.29, 0.717) is 12.4 Å². The molecule has 3 aromatic rings. The number of aliphatic hydroxyl groups is 2. The number of nitrogens with two attached hydrogens (primary N) is 1. The standard InChI is InChI=1S/C25H29N3O3/c1-17(30)25-27-12-13-28(25)22(15-29)11-6-18-2-7-20(8-3-18)21-9-4-19(5-10-21)16-31-24-14-23(24)26/h2-13,17,22-24,29-30H,14-16,26H2,1H3/b11-6+/t17-,22-,23-,24+/m0/s1. The molecule has 0 amide bonds. The predicted octanol–water partition coefficient (Wildman–Crippen LogP) is 3.47. The fourth-order valence-electron chi connectivity index (χ4n) is 3.56. The van der Waals surface area contributed by atoms with E-state index in [1.54, 1.807) is 23.9 Å². The van der Waals surface area contributed by atoms with E-state index in [9.17, 15) is 10.2 Å². The molecule has 1 fully saturated rings. The summed E-state index contributed by atoms with van der Waals surface area (Å²) in [6.07, 6.45) is 7.78. The summed E-state index contributed by atoms with van der Waals surface area (Å²) in [5.74, 6) is 0.535. The topological polar surface area (TPSA) is 93.5 Å². The van der Waals surface area contributed by atoms with Crippen molar-refractivity contribution < 1.29 is 14.9 Å². The van der Waals surface area contributed by atoms with Crippen LogP contribution in [0.25, 0.3) is 17.2 Å². The Hall–Kier alpha value is -2.77. The van der Waals surface area contributed by atoms with Gasteiger partial charge in [-0.15, -0.1) is 0 Å². The molecule has 1 saturated carbocycles. The summed E-state index contributed by atoms with van der Waals surface area (Å²) < 4.78 is 7.53. The monoisotopic (exact) mass is 419 g/mol. The number of hydrogen-bond acceptors (Lipinski definition) is 5. The Morgan fingerprint density at radius 1 is 1.16 bits per heavy atom. The third-order valence-corrected chi connectivity index (χ3v) is 5.57. The maximum absolute atomic E-state index is 9.85. The predicted molar refractivity (Wildman–Crippen MR) is 121 cm³/mol. The van der Waals surface area contributed by atoms with Crippen LogP contribution in [-0.2, 0) is 11.3 Å². The molecule has 0 radical (unpaired) electrons. The van der Waals surface area contributed by atoms with Gasteiger partial charge in [0.1, 0.15) is 11.9 Å². The van der Waals surface area contributed by atoms with E-state index in [1.165, 1.54) is 0 Å². The summed E-state index contributed by atoms with van der Waals surface area (Å²) in [4.78, 5) is 4.17. The van der Waals surface area contributed by atoms with Gasteiger partial charge >= 0.3 is 0 Å². The second kappa shape index (κ2) is 9.58. The van der Waals surface area contributed by atoms with Crippen LogP contribution in [0.3, 0.4) is 0 Å². The van der Waals surface area contributed by atoms with Gasteiger partial charge in [0.2, 0.25) is 0 Å². The van der Waals surface area contributed by atoms with Gasteiger partial charge in [0, 0.05) is 18.4 Å². The number of hydrogen-bond donors (Lipinski definition) is 3. The smallest absolute Gasteiger partial charge is 0.137 e. The van der Waals surface area contributed by atoms with Gasteiger partial charge in [-0.05, 0) is 35.6 Å². The minimum absolute atomic E-state index is 0.0760. The van der Waals surface area contributed by atoms with Crippen molar-refractivity contribution in [2.45, 2.75) is 44.2 Å². The molecule has 6 heteroatoms. The van der Waals surface area contributed by atoms with E-state index >= 15 is 0 Å². The summed E-state index contributed by atoms with van der Waals surface area (Å²) in [6, 6.07) is 16.6. The number of ether oxygens (including phenoxy) is 1. The van der Waals surface area contributed by atoms with Gasteiger partial charge in [0.25, 0.3) is 0 Å². The van der Waals surface area contributed by atoms with E-state index in [0.717, 1.165) is 28.7 Å². The van der Waals surface area contributed by atoms with Crippen molar-refractivity contribution in [3.8, 4) is 11.1 Å². The first kappa shape index (κ1) is 21.5. The molecule has 0 saturated heterocycles. The zero-order valence-electron chi connectivity index (χ0n) is 17.6. The Morgan fingerprint density at radius 3 is 2.39 bits per heavy atom. The number of imidazole rings is 1. The highest BCUT2D eigenvalue weighted by molar-refractivity contribution is 5.66. The average molecular weight is 420 g/mol. The van der Waals surface area contributed by atoms with E-state index in [4.69, 9.17) is 10.5 Å². The summed E-state index contributed by atoms with van der Waals surface area (Å²) >= 11 is 0. The van der Waals surface area contributed by atoms with Crippen LogP contribution >= 0.6 is 0 Å². The molecule has 0 unspecified atom stereocenters. The molecule has 0 bridgehead atoms. The van der Waals surface area contributed by atoms with Crippen LogP contribution in [0, 0.1) is 0 Å². The lowest BCUT2D eigenvalue weighted by atomic mass is 10.0. The van der Waals surface area contributed by atoms with Crippen molar-refractivity contribution in [3.05, 3.63) is 84.0 Å². The molecule has 0 aliphatic heterocycles. The van der Waals surface area contributed by atoms with Crippen molar-refractivity contribution >= 4 is 6.08 Å². The molecule has 4 N–H and O–H groups in total. The number of aromatic nitrogens is 2. The fraction of sp³-hybridized carbons (Fsp3) is 0.320. The normalized spacial score (nSPS) is 20.1. The number of aliphatic hydroxyl groups excluding tert-OH is 2. The molecule has 1 aliphatic rings. The Bertz CT molecular complexity index is 1010. The van der Waals surface area contributed by atoms with Crippen LogP contribution in [0.4, 0.5) is 0 Å². The Morgan fingerprint density at radius 2 is 1.81 bits per heavy atom. The molecule has 6 nitrogen and oxygen atoms in total. The van der Waals surface area contributed by atoms with E-state index in [-0.39, 0.29) is 24.8 Å². The molecular formula is C25H29N3O3. The van der Waals surface area contributed by atoms with Crippen molar-refractivity contribution in [2.24, 2.45) is 5.73 Å². The van der Waals surface area contributed by atoms with Crippen LogP contribution in [0.2, 0.25) is 0 Å². The van der Waals surface area contributed by atoms with Crippen molar-refractivity contribution in [3.63, 3.8) is 0 Å². The highest BCUT2D eigenvalue weighted by Crippen LogP contribution is 2.25.